The van der Waals surface area contributed by atoms with E-state index in [1.807, 2.05) is 26.8 Å². The average molecular weight is 291 g/mol. The molecular formula is C11H15BrO2S. The number of benzene rings is 1. The molecule has 15 heavy (non-hydrogen) atoms. The highest BCUT2D eigenvalue weighted by atomic mass is 79.9. The van der Waals surface area contributed by atoms with Crippen LogP contribution in [0.2, 0.25) is 0 Å². The number of sulfone groups is 1. The second kappa shape index (κ2) is 4.26. The second-order valence-corrected chi connectivity index (χ2v) is 7.68. The zero-order valence-electron chi connectivity index (χ0n) is 9.12. The van der Waals surface area contributed by atoms with Crippen LogP contribution in [0.25, 0.3) is 0 Å². The Balaban J connectivity index is 3.07. The molecule has 0 aliphatic rings. The molecule has 0 fully saturated rings. The van der Waals surface area contributed by atoms with Crippen LogP contribution in [0.4, 0.5) is 0 Å². The van der Waals surface area contributed by atoms with Crippen LogP contribution in [0, 0.1) is 5.41 Å². The Kier molecular flexibility index (Phi) is 3.61. The largest absolute Gasteiger partial charge is 0.224 e. The maximum absolute atomic E-state index is 12.0. The third kappa shape index (κ3) is 3.95. The Morgan fingerprint density at radius 2 is 1.87 bits per heavy atom. The minimum Gasteiger partial charge on any atom is -0.224 e. The summed E-state index contributed by atoms with van der Waals surface area (Å²) < 4.78 is 24.7. The van der Waals surface area contributed by atoms with E-state index in [0.29, 0.717) is 4.90 Å². The van der Waals surface area contributed by atoms with Gasteiger partial charge in [-0.25, -0.2) is 8.42 Å². The molecular weight excluding hydrogens is 276 g/mol. The van der Waals surface area contributed by atoms with Gasteiger partial charge >= 0.3 is 0 Å². The van der Waals surface area contributed by atoms with E-state index in [9.17, 15) is 8.42 Å². The third-order valence-electron chi connectivity index (χ3n) is 1.78. The van der Waals surface area contributed by atoms with E-state index in [4.69, 9.17) is 0 Å². The Morgan fingerprint density at radius 3 is 2.33 bits per heavy atom. The van der Waals surface area contributed by atoms with Crippen LogP contribution in [-0.4, -0.2) is 14.2 Å². The molecule has 0 unspecified atom stereocenters. The van der Waals surface area contributed by atoms with E-state index in [1.165, 1.54) is 0 Å². The van der Waals surface area contributed by atoms with E-state index in [-0.39, 0.29) is 11.2 Å². The molecule has 2 nitrogen and oxygen atoms in total. The molecule has 4 heteroatoms. The average Bonchev–Trinajstić information content (AvgIpc) is 1.99. The topological polar surface area (TPSA) is 34.1 Å². The first-order chi connectivity index (χ1) is 6.71. The van der Waals surface area contributed by atoms with Gasteiger partial charge in [0.15, 0.2) is 9.84 Å². The summed E-state index contributed by atoms with van der Waals surface area (Å²) in [6.45, 7) is 5.76. The fourth-order valence-corrected chi connectivity index (χ4v) is 3.76. The van der Waals surface area contributed by atoms with Gasteiger partial charge in [0.25, 0.3) is 0 Å². The predicted octanol–water partition coefficient (Wildman–Crippen LogP) is 3.27. The second-order valence-electron chi connectivity index (χ2n) is 4.78. The molecule has 0 bridgehead atoms. The molecule has 1 rings (SSSR count). The van der Waals surface area contributed by atoms with Gasteiger partial charge in [-0.15, -0.1) is 0 Å². The number of halogens is 1. The van der Waals surface area contributed by atoms with Crippen LogP contribution in [0.15, 0.2) is 33.6 Å². The van der Waals surface area contributed by atoms with Crippen molar-refractivity contribution >= 4 is 25.8 Å². The molecule has 0 N–H and O–H groups in total. The van der Waals surface area contributed by atoms with E-state index < -0.39 is 9.84 Å². The van der Waals surface area contributed by atoms with Crippen molar-refractivity contribution in [3.8, 4) is 0 Å². The molecule has 0 spiro atoms. The lowest BCUT2D eigenvalue weighted by molar-refractivity contribution is 0.461. The van der Waals surface area contributed by atoms with Gasteiger partial charge in [0.1, 0.15) is 0 Å². The summed E-state index contributed by atoms with van der Waals surface area (Å²) in [6.07, 6.45) is 0. The zero-order chi connectivity index (χ0) is 11.7. The highest BCUT2D eigenvalue weighted by Gasteiger charge is 2.23. The molecule has 0 amide bonds. The minimum absolute atomic E-state index is 0.163. The summed E-state index contributed by atoms with van der Waals surface area (Å²) in [6, 6.07) is 6.82. The highest BCUT2D eigenvalue weighted by Crippen LogP contribution is 2.23. The molecule has 0 aliphatic carbocycles. The molecule has 0 saturated carbocycles. The smallest absolute Gasteiger partial charge is 0.178 e. The molecule has 0 saturated heterocycles. The van der Waals surface area contributed by atoms with Gasteiger partial charge in [-0.2, -0.15) is 0 Å². The number of rotatable bonds is 2. The van der Waals surface area contributed by atoms with Crippen LogP contribution in [-0.2, 0) is 9.84 Å². The molecule has 0 aliphatic heterocycles. The Hall–Kier alpha value is -0.350. The lowest BCUT2D eigenvalue weighted by Crippen LogP contribution is -2.20. The van der Waals surface area contributed by atoms with Gasteiger partial charge in [-0.1, -0.05) is 42.8 Å². The summed E-state index contributed by atoms with van der Waals surface area (Å²) >= 11 is 3.27. The molecule has 1 aromatic rings. The van der Waals surface area contributed by atoms with Crippen molar-refractivity contribution in [3.63, 3.8) is 0 Å². The van der Waals surface area contributed by atoms with Gasteiger partial charge in [0.2, 0.25) is 0 Å². The highest BCUT2D eigenvalue weighted by molar-refractivity contribution is 9.10. The summed E-state index contributed by atoms with van der Waals surface area (Å²) in [5.41, 5.74) is -0.221. The fourth-order valence-electron chi connectivity index (χ4n) is 1.31. The lowest BCUT2D eigenvalue weighted by Gasteiger charge is -2.18. The van der Waals surface area contributed by atoms with E-state index in [2.05, 4.69) is 15.9 Å². The lowest BCUT2D eigenvalue weighted by atomic mass is 10.0. The maximum atomic E-state index is 12.0. The summed E-state index contributed by atoms with van der Waals surface area (Å²) in [5.74, 6) is 0.163. The van der Waals surface area contributed by atoms with Crippen molar-refractivity contribution < 1.29 is 8.42 Å². The summed E-state index contributed by atoms with van der Waals surface area (Å²) in [4.78, 5) is 0.381. The minimum atomic E-state index is -3.17. The van der Waals surface area contributed by atoms with Crippen LogP contribution in [0.5, 0.6) is 0 Å². The first kappa shape index (κ1) is 12.7. The van der Waals surface area contributed by atoms with Gasteiger partial charge in [0, 0.05) is 4.47 Å². The quantitative estimate of drug-likeness (QED) is 0.838. The van der Waals surface area contributed by atoms with Gasteiger partial charge in [-0.3, -0.25) is 0 Å². The third-order valence-corrected chi connectivity index (χ3v) is 4.49. The van der Waals surface area contributed by atoms with Crippen LogP contribution in [0.1, 0.15) is 20.8 Å². The normalized spacial score (nSPS) is 12.8. The van der Waals surface area contributed by atoms with Crippen molar-refractivity contribution in [2.75, 3.05) is 5.75 Å². The Morgan fingerprint density at radius 1 is 1.27 bits per heavy atom. The number of hydrogen-bond acceptors (Lipinski definition) is 2. The monoisotopic (exact) mass is 290 g/mol. The SMILES string of the molecule is CC(C)(C)CS(=O)(=O)c1cccc(Br)c1. The first-order valence-electron chi connectivity index (χ1n) is 4.69. The predicted molar refractivity (Wildman–Crippen MR) is 65.6 cm³/mol. The Bertz CT molecular complexity index is 444. The Labute approximate surface area is 99.7 Å². The van der Waals surface area contributed by atoms with E-state index >= 15 is 0 Å². The van der Waals surface area contributed by atoms with E-state index in [1.54, 1.807) is 18.2 Å². The number of hydrogen-bond donors (Lipinski definition) is 0. The standard InChI is InChI=1S/C11H15BrO2S/c1-11(2,3)8-15(13,14)10-6-4-5-9(12)7-10/h4-7H,8H2,1-3H3. The van der Waals surface area contributed by atoms with Crippen molar-refractivity contribution in [2.24, 2.45) is 5.41 Å². The van der Waals surface area contributed by atoms with Crippen molar-refractivity contribution in [1.82, 2.24) is 0 Å². The molecule has 1 aromatic carbocycles. The van der Waals surface area contributed by atoms with Gasteiger partial charge in [0.05, 0.1) is 10.6 Å². The maximum Gasteiger partial charge on any atom is 0.178 e. The van der Waals surface area contributed by atoms with Crippen molar-refractivity contribution in [3.05, 3.63) is 28.7 Å². The first-order valence-corrected chi connectivity index (χ1v) is 7.14. The van der Waals surface area contributed by atoms with Gasteiger partial charge in [-0.05, 0) is 23.6 Å². The van der Waals surface area contributed by atoms with E-state index in [0.717, 1.165) is 4.47 Å². The molecule has 0 heterocycles. The van der Waals surface area contributed by atoms with Crippen LogP contribution >= 0.6 is 15.9 Å². The molecule has 84 valence electrons. The molecule has 0 radical (unpaired) electrons. The van der Waals surface area contributed by atoms with Crippen LogP contribution < -0.4 is 0 Å². The zero-order valence-corrected chi connectivity index (χ0v) is 11.5. The van der Waals surface area contributed by atoms with Crippen molar-refractivity contribution in [2.45, 2.75) is 25.7 Å². The van der Waals surface area contributed by atoms with Crippen LogP contribution in [0.3, 0.4) is 0 Å². The van der Waals surface area contributed by atoms with Gasteiger partial charge < -0.3 is 0 Å². The summed E-state index contributed by atoms with van der Waals surface area (Å²) in [5, 5.41) is 0. The fraction of sp³-hybridized carbons (Fsp3) is 0.455. The molecule has 0 aromatic heterocycles. The summed E-state index contributed by atoms with van der Waals surface area (Å²) in [7, 11) is -3.17. The molecule has 0 atom stereocenters. The van der Waals surface area contributed by atoms with Crippen molar-refractivity contribution in [1.29, 1.82) is 0 Å².